The van der Waals surface area contributed by atoms with E-state index in [4.69, 9.17) is 10.5 Å². The molecule has 0 aliphatic rings. The van der Waals surface area contributed by atoms with E-state index < -0.39 is 0 Å². The summed E-state index contributed by atoms with van der Waals surface area (Å²) in [6.07, 6.45) is 0.947. The Labute approximate surface area is 136 Å². The Morgan fingerprint density at radius 3 is 2.95 bits per heavy atom. The van der Waals surface area contributed by atoms with Crippen molar-refractivity contribution >= 4 is 17.3 Å². The Kier molecular flexibility index (Phi) is 6.27. The number of guanidine groups is 1. The van der Waals surface area contributed by atoms with Gasteiger partial charge in [-0.15, -0.1) is 11.3 Å². The predicted molar refractivity (Wildman–Crippen MR) is 93.8 cm³/mol. The second-order valence-electron chi connectivity index (χ2n) is 5.23. The summed E-state index contributed by atoms with van der Waals surface area (Å²) in [5.41, 5.74) is 7.05. The van der Waals surface area contributed by atoms with Crippen LogP contribution < -0.4 is 15.8 Å². The van der Waals surface area contributed by atoms with Crippen LogP contribution in [-0.4, -0.2) is 25.2 Å². The van der Waals surface area contributed by atoms with Crippen LogP contribution >= 0.6 is 11.3 Å². The lowest BCUT2D eigenvalue weighted by molar-refractivity contribution is 0.230. The monoisotopic (exact) mass is 317 g/mol. The minimum atomic E-state index is -0.0144. The van der Waals surface area contributed by atoms with Crippen molar-refractivity contribution in [2.75, 3.05) is 13.1 Å². The molecular formula is C17H23N3OS. The van der Waals surface area contributed by atoms with Gasteiger partial charge in [-0.1, -0.05) is 18.2 Å². The highest BCUT2D eigenvalue weighted by atomic mass is 32.1. The lowest BCUT2D eigenvalue weighted by atomic mass is 10.2. The predicted octanol–water partition coefficient (Wildman–Crippen LogP) is 2.97. The molecule has 2 rings (SSSR count). The number of hydrogen-bond donors (Lipinski definition) is 2. The van der Waals surface area contributed by atoms with Gasteiger partial charge in [0.15, 0.2) is 5.96 Å². The van der Waals surface area contributed by atoms with E-state index in [0.717, 1.165) is 18.7 Å². The third-order valence-corrected chi connectivity index (χ3v) is 4.04. The van der Waals surface area contributed by atoms with Crippen molar-refractivity contribution < 1.29 is 4.74 Å². The van der Waals surface area contributed by atoms with Gasteiger partial charge in [-0.25, -0.2) is 4.99 Å². The maximum Gasteiger partial charge on any atom is 0.188 e. The third-order valence-electron chi connectivity index (χ3n) is 3.10. The first-order valence-corrected chi connectivity index (χ1v) is 8.31. The number of aliphatic imine (C=N–C) groups is 1. The molecule has 2 aromatic rings. The summed E-state index contributed by atoms with van der Waals surface area (Å²) in [6, 6.07) is 12.2. The number of nitrogens with two attached hydrogens (primary N) is 1. The molecule has 5 heteroatoms. The van der Waals surface area contributed by atoms with Gasteiger partial charge < -0.3 is 15.8 Å². The Hall–Kier alpha value is -2.01. The smallest absolute Gasteiger partial charge is 0.188 e. The molecule has 0 spiro atoms. The van der Waals surface area contributed by atoms with Gasteiger partial charge >= 0.3 is 0 Å². The molecular weight excluding hydrogens is 294 g/mol. The van der Waals surface area contributed by atoms with Gasteiger partial charge in [0.1, 0.15) is 11.9 Å². The molecule has 3 N–H and O–H groups in total. The Balaban J connectivity index is 1.70. The first kappa shape index (κ1) is 16.4. The summed E-state index contributed by atoms with van der Waals surface area (Å²) in [5, 5.41) is 5.21. The van der Waals surface area contributed by atoms with E-state index in [0.29, 0.717) is 12.5 Å². The van der Waals surface area contributed by atoms with E-state index in [1.807, 2.05) is 38.1 Å². The molecule has 4 nitrogen and oxygen atoms in total. The molecule has 1 heterocycles. The quantitative estimate of drug-likeness (QED) is 0.610. The summed E-state index contributed by atoms with van der Waals surface area (Å²) in [5.74, 6) is 1.34. The summed E-state index contributed by atoms with van der Waals surface area (Å²) in [4.78, 5) is 5.67. The lowest BCUT2D eigenvalue weighted by Gasteiger charge is -2.13. The van der Waals surface area contributed by atoms with E-state index in [2.05, 4.69) is 27.8 Å². The second kappa shape index (κ2) is 8.44. The average Bonchev–Trinajstić information content (AvgIpc) is 2.98. The maximum absolute atomic E-state index is 5.87. The highest BCUT2D eigenvalue weighted by molar-refractivity contribution is 7.09. The van der Waals surface area contributed by atoms with Crippen molar-refractivity contribution in [3.63, 3.8) is 0 Å². The van der Waals surface area contributed by atoms with Crippen LogP contribution in [0, 0.1) is 6.92 Å². The van der Waals surface area contributed by atoms with Gasteiger partial charge in [0.25, 0.3) is 0 Å². The van der Waals surface area contributed by atoms with Gasteiger partial charge in [-0.3, -0.25) is 0 Å². The summed E-state index contributed by atoms with van der Waals surface area (Å²) >= 11 is 1.75. The zero-order valence-corrected chi connectivity index (χ0v) is 13.9. The number of nitrogens with one attached hydrogen (secondary N) is 1. The molecule has 0 saturated heterocycles. The zero-order chi connectivity index (χ0) is 15.8. The molecule has 118 valence electrons. The molecule has 0 fully saturated rings. The standard InChI is InChI=1S/C17H23N3OS/c1-13-5-3-6-15(11-13)21-14(2)12-20-17(18)19-9-8-16-7-4-10-22-16/h3-7,10-11,14H,8-9,12H2,1-2H3,(H3,18,19,20). The Morgan fingerprint density at radius 2 is 2.23 bits per heavy atom. The minimum Gasteiger partial charge on any atom is -0.489 e. The number of nitrogens with zero attached hydrogens (tertiary/aromatic N) is 1. The highest BCUT2D eigenvalue weighted by Gasteiger charge is 2.04. The minimum absolute atomic E-state index is 0.0144. The van der Waals surface area contributed by atoms with E-state index in [-0.39, 0.29) is 6.10 Å². The van der Waals surface area contributed by atoms with Crippen molar-refractivity contribution in [1.29, 1.82) is 0 Å². The van der Waals surface area contributed by atoms with Gasteiger partial charge in [-0.2, -0.15) is 0 Å². The number of hydrogen-bond acceptors (Lipinski definition) is 3. The number of rotatable bonds is 7. The van der Waals surface area contributed by atoms with E-state index in [1.54, 1.807) is 11.3 Å². The SMILES string of the molecule is Cc1cccc(OC(C)CN=C(N)NCCc2cccs2)c1. The Bertz CT molecular complexity index is 596. The molecule has 0 radical (unpaired) electrons. The number of ether oxygens (including phenoxy) is 1. The van der Waals surface area contributed by atoms with Crippen molar-refractivity contribution in [3.8, 4) is 5.75 Å². The van der Waals surface area contributed by atoms with Crippen molar-refractivity contribution in [1.82, 2.24) is 5.32 Å². The molecule has 0 amide bonds. The summed E-state index contributed by atoms with van der Waals surface area (Å²) < 4.78 is 5.82. The molecule has 1 atom stereocenters. The molecule has 1 unspecified atom stereocenters. The maximum atomic E-state index is 5.87. The fourth-order valence-corrected chi connectivity index (χ4v) is 2.72. The number of thiophene rings is 1. The molecule has 22 heavy (non-hydrogen) atoms. The van der Waals surface area contributed by atoms with E-state index >= 15 is 0 Å². The van der Waals surface area contributed by atoms with Gasteiger partial charge in [-0.05, 0) is 49.4 Å². The largest absolute Gasteiger partial charge is 0.489 e. The molecule has 1 aromatic heterocycles. The molecule has 0 bridgehead atoms. The second-order valence-corrected chi connectivity index (χ2v) is 6.26. The van der Waals surface area contributed by atoms with Crippen LogP contribution in [0.15, 0.2) is 46.8 Å². The summed E-state index contributed by atoms with van der Waals surface area (Å²) in [7, 11) is 0. The first-order valence-electron chi connectivity index (χ1n) is 7.43. The van der Waals surface area contributed by atoms with Gasteiger partial charge in [0.2, 0.25) is 0 Å². The van der Waals surface area contributed by atoms with Crippen LogP contribution in [0.4, 0.5) is 0 Å². The lowest BCUT2D eigenvalue weighted by Crippen LogP contribution is -2.34. The topological polar surface area (TPSA) is 59.6 Å². The normalized spacial score (nSPS) is 12.9. The fourth-order valence-electron chi connectivity index (χ4n) is 2.01. The van der Waals surface area contributed by atoms with Crippen LogP contribution in [0.5, 0.6) is 5.75 Å². The van der Waals surface area contributed by atoms with Gasteiger partial charge in [0.05, 0.1) is 6.54 Å². The molecule has 0 aliphatic carbocycles. The van der Waals surface area contributed by atoms with Crippen LogP contribution in [0.3, 0.4) is 0 Å². The average molecular weight is 317 g/mol. The van der Waals surface area contributed by atoms with E-state index in [9.17, 15) is 0 Å². The molecule has 0 aliphatic heterocycles. The number of aryl methyl sites for hydroxylation is 1. The zero-order valence-electron chi connectivity index (χ0n) is 13.1. The Morgan fingerprint density at radius 1 is 1.36 bits per heavy atom. The van der Waals surface area contributed by atoms with Crippen LogP contribution in [0.2, 0.25) is 0 Å². The molecule has 0 saturated carbocycles. The summed E-state index contributed by atoms with van der Waals surface area (Å²) in [6.45, 7) is 5.37. The van der Waals surface area contributed by atoms with Crippen molar-refractivity contribution in [2.45, 2.75) is 26.4 Å². The van der Waals surface area contributed by atoms with Crippen molar-refractivity contribution in [3.05, 3.63) is 52.2 Å². The molecule has 1 aromatic carbocycles. The van der Waals surface area contributed by atoms with Crippen molar-refractivity contribution in [2.24, 2.45) is 10.7 Å². The van der Waals surface area contributed by atoms with Gasteiger partial charge in [0, 0.05) is 11.4 Å². The number of benzene rings is 1. The van der Waals surface area contributed by atoms with Crippen LogP contribution in [0.25, 0.3) is 0 Å². The highest BCUT2D eigenvalue weighted by Crippen LogP contribution is 2.14. The third kappa shape index (κ3) is 5.77. The van der Waals surface area contributed by atoms with Crippen LogP contribution in [0.1, 0.15) is 17.4 Å². The van der Waals surface area contributed by atoms with Crippen LogP contribution in [-0.2, 0) is 6.42 Å². The van der Waals surface area contributed by atoms with E-state index in [1.165, 1.54) is 10.4 Å². The first-order chi connectivity index (χ1) is 10.6. The fraction of sp³-hybridized carbons (Fsp3) is 0.353.